The summed E-state index contributed by atoms with van der Waals surface area (Å²) in [5.41, 5.74) is 2.67. The molecule has 0 aliphatic carbocycles. The lowest BCUT2D eigenvalue weighted by Gasteiger charge is -2.34. The Hall–Kier alpha value is -3.18. The number of fused-ring (bicyclic) bond motifs is 1. The monoisotopic (exact) mass is 475 g/mol. The van der Waals surface area contributed by atoms with Crippen LogP contribution in [0.3, 0.4) is 0 Å². The number of nitrogens with zero attached hydrogens (tertiary/aromatic N) is 3. The van der Waals surface area contributed by atoms with Gasteiger partial charge < -0.3 is 9.84 Å². The number of carbonyl (C=O) groups excluding carboxylic acids is 1. The first kappa shape index (κ1) is 23.0. The van der Waals surface area contributed by atoms with Crippen LogP contribution in [0.1, 0.15) is 47.2 Å². The van der Waals surface area contributed by atoms with Crippen molar-refractivity contribution >= 4 is 22.9 Å². The van der Waals surface area contributed by atoms with Crippen LogP contribution in [0.2, 0.25) is 0 Å². The van der Waals surface area contributed by atoms with E-state index in [4.69, 9.17) is 4.52 Å². The fourth-order valence-electron chi connectivity index (χ4n) is 3.76. The zero-order valence-electron chi connectivity index (χ0n) is 18.1. The van der Waals surface area contributed by atoms with E-state index in [2.05, 4.69) is 25.1 Å². The summed E-state index contributed by atoms with van der Waals surface area (Å²) in [4.78, 5) is 18.3. The van der Waals surface area contributed by atoms with E-state index in [9.17, 15) is 17.8 Å². The summed E-state index contributed by atoms with van der Waals surface area (Å²) in [6.45, 7) is 5.37. The van der Waals surface area contributed by atoms with Gasteiger partial charge in [-0.05, 0) is 66.4 Å². The molecule has 2 unspecified atom stereocenters. The van der Waals surface area contributed by atoms with Crippen LogP contribution in [0.25, 0.3) is 0 Å². The minimum absolute atomic E-state index is 0.129. The van der Waals surface area contributed by atoms with Crippen molar-refractivity contribution in [1.29, 1.82) is 0 Å². The van der Waals surface area contributed by atoms with E-state index in [0.717, 1.165) is 30.2 Å². The van der Waals surface area contributed by atoms with Gasteiger partial charge in [0.2, 0.25) is 0 Å². The van der Waals surface area contributed by atoms with Gasteiger partial charge in [-0.25, -0.2) is 13.0 Å². The SMILES string of the molecule is CCNC(=O)c1noc(NS(=O)c2ccc3c(c2)CN(C(C)c2cc(F)cc(F)c2)CC3)n1. The summed E-state index contributed by atoms with van der Waals surface area (Å²) in [5, 5.41) is 6.12. The van der Waals surface area contributed by atoms with Gasteiger partial charge in [0.05, 0.1) is 4.90 Å². The lowest BCUT2D eigenvalue weighted by Crippen LogP contribution is -2.33. The van der Waals surface area contributed by atoms with Gasteiger partial charge in [0.15, 0.2) is 11.0 Å². The molecule has 2 N–H and O–H groups in total. The van der Waals surface area contributed by atoms with E-state index >= 15 is 0 Å². The Labute approximate surface area is 192 Å². The number of hydrogen-bond donors (Lipinski definition) is 2. The number of halogens is 2. The Bertz CT molecular complexity index is 1180. The number of amides is 1. The summed E-state index contributed by atoms with van der Waals surface area (Å²) >= 11 is 0. The molecule has 3 aromatic rings. The first-order valence-electron chi connectivity index (χ1n) is 10.5. The maximum absolute atomic E-state index is 13.7. The first-order valence-corrected chi connectivity index (χ1v) is 11.6. The second kappa shape index (κ2) is 9.75. The van der Waals surface area contributed by atoms with E-state index in [1.165, 1.54) is 12.1 Å². The van der Waals surface area contributed by atoms with Gasteiger partial charge in [-0.15, -0.1) is 0 Å². The van der Waals surface area contributed by atoms with Crippen molar-refractivity contribution in [3.05, 3.63) is 70.5 Å². The molecule has 1 aromatic heterocycles. The van der Waals surface area contributed by atoms with E-state index in [0.29, 0.717) is 23.5 Å². The van der Waals surface area contributed by atoms with Crippen molar-refractivity contribution in [3.8, 4) is 0 Å². The third-order valence-corrected chi connectivity index (χ3v) is 6.54. The van der Waals surface area contributed by atoms with Gasteiger partial charge in [-0.2, -0.15) is 4.98 Å². The van der Waals surface area contributed by atoms with Gasteiger partial charge in [0.25, 0.3) is 11.7 Å². The van der Waals surface area contributed by atoms with E-state index < -0.39 is 28.5 Å². The molecule has 0 saturated carbocycles. The highest BCUT2D eigenvalue weighted by atomic mass is 32.2. The predicted molar refractivity (Wildman–Crippen MR) is 118 cm³/mol. The summed E-state index contributed by atoms with van der Waals surface area (Å²) in [6.07, 6.45) is 0.761. The quantitative estimate of drug-likeness (QED) is 0.544. The Kier molecular flexibility index (Phi) is 6.80. The maximum Gasteiger partial charge on any atom is 0.334 e. The Morgan fingerprint density at radius 2 is 1.97 bits per heavy atom. The van der Waals surface area contributed by atoms with Crippen LogP contribution in [-0.2, 0) is 24.0 Å². The third-order valence-electron chi connectivity index (χ3n) is 5.50. The van der Waals surface area contributed by atoms with E-state index in [-0.39, 0.29) is 17.9 Å². The van der Waals surface area contributed by atoms with Crippen molar-refractivity contribution < 1.29 is 22.3 Å². The fourth-order valence-corrected chi connectivity index (χ4v) is 4.56. The zero-order valence-corrected chi connectivity index (χ0v) is 18.9. The van der Waals surface area contributed by atoms with Crippen LogP contribution in [0.4, 0.5) is 14.8 Å². The number of benzene rings is 2. The van der Waals surface area contributed by atoms with Crippen LogP contribution in [0.15, 0.2) is 45.8 Å². The summed E-state index contributed by atoms with van der Waals surface area (Å²) in [6, 6.07) is 8.73. The minimum Gasteiger partial charge on any atom is -0.349 e. The molecule has 11 heteroatoms. The molecule has 2 aromatic carbocycles. The Morgan fingerprint density at radius 1 is 1.21 bits per heavy atom. The molecule has 33 heavy (non-hydrogen) atoms. The summed E-state index contributed by atoms with van der Waals surface area (Å²) in [7, 11) is -1.70. The van der Waals surface area contributed by atoms with Crippen molar-refractivity contribution in [2.24, 2.45) is 0 Å². The van der Waals surface area contributed by atoms with Gasteiger partial charge in [-0.1, -0.05) is 6.07 Å². The third kappa shape index (κ3) is 5.25. The van der Waals surface area contributed by atoms with Gasteiger partial charge >= 0.3 is 6.01 Å². The molecular formula is C22H23F2N5O3S. The highest BCUT2D eigenvalue weighted by Gasteiger charge is 2.24. The number of hydrogen-bond acceptors (Lipinski definition) is 6. The molecule has 174 valence electrons. The van der Waals surface area contributed by atoms with Crippen molar-refractivity contribution in [3.63, 3.8) is 0 Å². The molecule has 2 heterocycles. The molecule has 0 radical (unpaired) electrons. The van der Waals surface area contributed by atoms with Crippen LogP contribution < -0.4 is 10.0 Å². The lowest BCUT2D eigenvalue weighted by molar-refractivity contribution is 0.0942. The molecule has 2 atom stereocenters. The smallest absolute Gasteiger partial charge is 0.334 e. The van der Waals surface area contributed by atoms with Gasteiger partial charge in [0.1, 0.15) is 11.6 Å². The van der Waals surface area contributed by atoms with Crippen molar-refractivity contribution in [2.45, 2.75) is 37.8 Å². The zero-order chi connectivity index (χ0) is 23.5. The lowest BCUT2D eigenvalue weighted by atomic mass is 9.97. The molecule has 0 fully saturated rings. The number of nitrogens with one attached hydrogen (secondary N) is 2. The van der Waals surface area contributed by atoms with Crippen molar-refractivity contribution in [2.75, 3.05) is 17.8 Å². The van der Waals surface area contributed by atoms with Crippen LogP contribution >= 0.6 is 0 Å². The maximum atomic E-state index is 13.7. The summed E-state index contributed by atoms with van der Waals surface area (Å²) in [5.74, 6) is -1.84. The molecule has 4 rings (SSSR count). The normalized spacial score (nSPS) is 15.5. The van der Waals surface area contributed by atoms with E-state index in [1.54, 1.807) is 13.0 Å². The standard InChI is InChI=1S/C22H23F2N5O3S/c1-3-25-21(30)20-26-22(32-27-20)28-33(31)19-5-4-14-6-7-29(12-16(14)10-19)13(2)15-8-17(23)11-18(24)9-15/h4-5,8-11,13H,3,6-7,12H2,1-2H3,(H,25,30)(H,26,27,28). The molecule has 8 nitrogen and oxygen atoms in total. The van der Waals surface area contributed by atoms with Gasteiger partial charge in [0, 0.05) is 31.7 Å². The van der Waals surface area contributed by atoms with Gasteiger partial charge in [-0.3, -0.25) is 14.4 Å². The first-order chi connectivity index (χ1) is 15.8. The summed E-state index contributed by atoms with van der Waals surface area (Å²) < 4.78 is 47.7. The molecule has 1 amide bonds. The Balaban J connectivity index is 1.47. The average Bonchev–Trinajstić information content (AvgIpc) is 3.26. The van der Waals surface area contributed by atoms with Crippen molar-refractivity contribution in [1.82, 2.24) is 20.4 Å². The molecule has 0 bridgehead atoms. The molecule has 0 spiro atoms. The topological polar surface area (TPSA) is 100 Å². The van der Waals surface area contributed by atoms with Crippen LogP contribution in [0.5, 0.6) is 0 Å². The fraction of sp³-hybridized carbons (Fsp3) is 0.318. The largest absolute Gasteiger partial charge is 0.349 e. The predicted octanol–water partition coefficient (Wildman–Crippen LogP) is 3.35. The second-order valence-corrected chi connectivity index (χ2v) is 8.90. The minimum atomic E-state index is -1.70. The van der Waals surface area contributed by atoms with E-state index in [1.807, 2.05) is 19.1 Å². The van der Waals surface area contributed by atoms with Crippen LogP contribution in [-0.4, -0.2) is 38.2 Å². The molecule has 0 saturated heterocycles. The number of carbonyl (C=O) groups is 1. The average molecular weight is 476 g/mol. The molecule has 1 aliphatic rings. The number of aromatic nitrogens is 2. The number of rotatable bonds is 7. The number of anilines is 1. The highest BCUT2D eigenvalue weighted by molar-refractivity contribution is 7.86. The highest BCUT2D eigenvalue weighted by Crippen LogP contribution is 2.29. The molecular weight excluding hydrogens is 452 g/mol. The van der Waals surface area contributed by atoms with Crippen LogP contribution in [0, 0.1) is 11.6 Å². The second-order valence-electron chi connectivity index (χ2n) is 7.68. The Morgan fingerprint density at radius 3 is 2.70 bits per heavy atom. The molecule has 1 aliphatic heterocycles.